The number of nitrogens with zero attached hydrogens (tertiary/aromatic N) is 1. The summed E-state index contributed by atoms with van der Waals surface area (Å²) in [6.07, 6.45) is 0. The van der Waals surface area contributed by atoms with Gasteiger partial charge in [0.2, 0.25) is 5.91 Å². The summed E-state index contributed by atoms with van der Waals surface area (Å²) in [5, 5.41) is 6.13. The molecule has 1 heterocycles. The second-order valence-corrected chi connectivity index (χ2v) is 4.45. The van der Waals surface area contributed by atoms with Gasteiger partial charge in [0.25, 0.3) is 5.91 Å². The molecule has 1 saturated heterocycles. The Morgan fingerprint density at radius 2 is 2.28 bits per heavy atom. The highest BCUT2D eigenvalue weighted by Crippen LogP contribution is 2.22. The lowest BCUT2D eigenvalue weighted by molar-refractivity contribution is -0.123. The molecule has 0 aromatic heterocycles. The molecule has 1 fully saturated rings. The molecular weight excluding hydrogens is 254 g/mol. The predicted octanol–water partition coefficient (Wildman–Crippen LogP) is 0.954. The van der Waals surface area contributed by atoms with Crippen LogP contribution < -0.4 is 10.6 Å². The van der Waals surface area contributed by atoms with E-state index in [0.717, 1.165) is 0 Å². The highest BCUT2D eigenvalue weighted by molar-refractivity contribution is 6.31. The number of nitrogens with one attached hydrogen (secondary N) is 2. The lowest BCUT2D eigenvalue weighted by Gasteiger charge is -2.27. The molecule has 6 heteroatoms. The summed E-state index contributed by atoms with van der Waals surface area (Å²) in [6, 6.07) is 5.08. The van der Waals surface area contributed by atoms with Crippen molar-refractivity contribution in [1.82, 2.24) is 10.2 Å². The van der Waals surface area contributed by atoms with Crippen LogP contribution in [0.1, 0.15) is 10.4 Å². The molecule has 0 atom stereocenters. The SMILES string of the molecule is CNc1ccc(Cl)cc1C(=O)N1CCNC(=O)C1. The van der Waals surface area contributed by atoms with Crippen molar-refractivity contribution >= 4 is 29.1 Å². The predicted molar refractivity (Wildman–Crippen MR) is 69.9 cm³/mol. The Balaban J connectivity index is 2.27. The molecule has 1 aliphatic rings. The number of piperazine rings is 1. The Morgan fingerprint density at radius 1 is 1.50 bits per heavy atom. The average molecular weight is 268 g/mol. The number of hydrogen-bond acceptors (Lipinski definition) is 3. The zero-order chi connectivity index (χ0) is 13.1. The lowest BCUT2D eigenvalue weighted by Crippen LogP contribution is -2.50. The van der Waals surface area contributed by atoms with Crippen molar-refractivity contribution in [2.24, 2.45) is 0 Å². The van der Waals surface area contributed by atoms with Gasteiger partial charge in [0.05, 0.1) is 12.1 Å². The van der Waals surface area contributed by atoms with Crippen LogP contribution in [0.25, 0.3) is 0 Å². The van der Waals surface area contributed by atoms with Crippen LogP contribution >= 0.6 is 11.6 Å². The van der Waals surface area contributed by atoms with Crippen LogP contribution in [0.4, 0.5) is 5.69 Å². The first kappa shape index (κ1) is 12.7. The van der Waals surface area contributed by atoms with E-state index in [-0.39, 0.29) is 18.4 Å². The van der Waals surface area contributed by atoms with E-state index in [0.29, 0.717) is 29.4 Å². The fraction of sp³-hybridized carbons (Fsp3) is 0.333. The van der Waals surface area contributed by atoms with Gasteiger partial charge in [-0.15, -0.1) is 0 Å². The molecule has 0 unspecified atom stereocenters. The molecule has 1 aliphatic heterocycles. The first-order valence-electron chi connectivity index (χ1n) is 5.65. The second kappa shape index (κ2) is 5.27. The fourth-order valence-electron chi connectivity index (χ4n) is 1.89. The van der Waals surface area contributed by atoms with E-state index in [9.17, 15) is 9.59 Å². The molecule has 0 saturated carbocycles. The summed E-state index contributed by atoms with van der Waals surface area (Å²) in [4.78, 5) is 25.1. The van der Waals surface area contributed by atoms with Crippen molar-refractivity contribution in [2.45, 2.75) is 0 Å². The van der Waals surface area contributed by atoms with Crippen LogP contribution in [0.5, 0.6) is 0 Å². The van der Waals surface area contributed by atoms with E-state index < -0.39 is 0 Å². The van der Waals surface area contributed by atoms with Crippen LogP contribution in [-0.4, -0.2) is 43.4 Å². The molecule has 5 nitrogen and oxygen atoms in total. The third kappa shape index (κ3) is 2.56. The van der Waals surface area contributed by atoms with Gasteiger partial charge in [-0.1, -0.05) is 11.6 Å². The van der Waals surface area contributed by atoms with Gasteiger partial charge in [-0.2, -0.15) is 0 Å². The first-order chi connectivity index (χ1) is 8.61. The molecule has 0 spiro atoms. The topological polar surface area (TPSA) is 61.4 Å². The van der Waals surface area contributed by atoms with Gasteiger partial charge in [0.1, 0.15) is 0 Å². The van der Waals surface area contributed by atoms with Crippen molar-refractivity contribution < 1.29 is 9.59 Å². The Morgan fingerprint density at radius 3 is 2.94 bits per heavy atom. The minimum atomic E-state index is -0.184. The van der Waals surface area contributed by atoms with Crippen LogP contribution in [0.3, 0.4) is 0 Å². The maximum Gasteiger partial charge on any atom is 0.256 e. The van der Waals surface area contributed by atoms with Gasteiger partial charge in [0, 0.05) is 30.8 Å². The number of anilines is 1. The Bertz CT molecular complexity index is 490. The van der Waals surface area contributed by atoms with E-state index in [1.54, 1.807) is 25.2 Å². The van der Waals surface area contributed by atoms with E-state index in [1.165, 1.54) is 4.90 Å². The molecule has 1 aromatic rings. The van der Waals surface area contributed by atoms with E-state index in [2.05, 4.69) is 10.6 Å². The van der Waals surface area contributed by atoms with Gasteiger partial charge >= 0.3 is 0 Å². The zero-order valence-corrected chi connectivity index (χ0v) is 10.8. The van der Waals surface area contributed by atoms with Crippen molar-refractivity contribution in [3.63, 3.8) is 0 Å². The molecule has 0 radical (unpaired) electrons. The summed E-state index contributed by atoms with van der Waals surface area (Å²) >= 11 is 5.91. The standard InChI is InChI=1S/C12H14ClN3O2/c1-14-10-3-2-8(13)6-9(10)12(18)16-5-4-15-11(17)7-16/h2-3,6,14H,4-5,7H2,1H3,(H,15,17). The lowest BCUT2D eigenvalue weighted by atomic mass is 10.1. The van der Waals surface area contributed by atoms with Gasteiger partial charge in [-0.25, -0.2) is 0 Å². The quantitative estimate of drug-likeness (QED) is 0.839. The minimum absolute atomic E-state index is 0.0918. The smallest absolute Gasteiger partial charge is 0.256 e. The highest BCUT2D eigenvalue weighted by Gasteiger charge is 2.24. The van der Waals surface area contributed by atoms with Gasteiger partial charge in [0.15, 0.2) is 0 Å². The summed E-state index contributed by atoms with van der Waals surface area (Å²) < 4.78 is 0. The van der Waals surface area contributed by atoms with Gasteiger partial charge in [-0.3, -0.25) is 9.59 Å². The maximum atomic E-state index is 12.3. The zero-order valence-electron chi connectivity index (χ0n) is 10.00. The summed E-state index contributed by atoms with van der Waals surface area (Å²) in [6.45, 7) is 1.09. The van der Waals surface area contributed by atoms with Crippen LogP contribution in [0, 0.1) is 0 Å². The molecule has 96 valence electrons. The Labute approximate surface area is 110 Å². The molecule has 2 amide bonds. The first-order valence-corrected chi connectivity index (χ1v) is 6.03. The van der Waals surface area contributed by atoms with Crippen molar-refractivity contribution in [1.29, 1.82) is 0 Å². The maximum absolute atomic E-state index is 12.3. The minimum Gasteiger partial charge on any atom is -0.387 e. The number of rotatable bonds is 2. The molecule has 2 rings (SSSR count). The van der Waals surface area contributed by atoms with Crippen LogP contribution in [-0.2, 0) is 4.79 Å². The Hall–Kier alpha value is -1.75. The molecule has 0 bridgehead atoms. The number of carbonyl (C=O) groups is 2. The summed E-state index contributed by atoms with van der Waals surface area (Å²) in [5.74, 6) is -0.320. The highest BCUT2D eigenvalue weighted by atomic mass is 35.5. The molecule has 1 aromatic carbocycles. The Kier molecular flexibility index (Phi) is 3.72. The van der Waals surface area contributed by atoms with E-state index in [4.69, 9.17) is 11.6 Å². The van der Waals surface area contributed by atoms with Crippen LogP contribution in [0.2, 0.25) is 5.02 Å². The number of carbonyl (C=O) groups excluding carboxylic acids is 2. The normalized spacial score (nSPS) is 15.2. The third-order valence-electron chi connectivity index (χ3n) is 2.81. The monoisotopic (exact) mass is 267 g/mol. The molecule has 18 heavy (non-hydrogen) atoms. The van der Waals surface area contributed by atoms with E-state index >= 15 is 0 Å². The molecule has 2 N–H and O–H groups in total. The fourth-order valence-corrected chi connectivity index (χ4v) is 2.07. The third-order valence-corrected chi connectivity index (χ3v) is 3.04. The summed E-state index contributed by atoms with van der Waals surface area (Å²) in [5.41, 5.74) is 1.19. The van der Waals surface area contributed by atoms with Crippen molar-refractivity contribution in [3.8, 4) is 0 Å². The average Bonchev–Trinajstić information content (AvgIpc) is 2.38. The van der Waals surface area contributed by atoms with Crippen LogP contribution in [0.15, 0.2) is 18.2 Å². The van der Waals surface area contributed by atoms with Gasteiger partial charge in [-0.05, 0) is 18.2 Å². The number of amides is 2. The number of hydrogen-bond donors (Lipinski definition) is 2. The van der Waals surface area contributed by atoms with Crippen molar-refractivity contribution in [3.05, 3.63) is 28.8 Å². The summed E-state index contributed by atoms with van der Waals surface area (Å²) in [7, 11) is 1.74. The van der Waals surface area contributed by atoms with Gasteiger partial charge < -0.3 is 15.5 Å². The largest absolute Gasteiger partial charge is 0.387 e. The number of benzene rings is 1. The second-order valence-electron chi connectivity index (χ2n) is 4.02. The van der Waals surface area contributed by atoms with E-state index in [1.807, 2.05) is 0 Å². The molecule has 0 aliphatic carbocycles. The number of halogens is 1. The van der Waals surface area contributed by atoms with Crippen molar-refractivity contribution in [2.75, 3.05) is 32.0 Å². The molecular formula is C12H14ClN3O2.